The van der Waals surface area contributed by atoms with E-state index in [1.165, 1.54) is 24.3 Å². The second-order valence-corrected chi connectivity index (χ2v) is 5.86. The third-order valence-electron chi connectivity index (χ3n) is 3.98. The van der Waals surface area contributed by atoms with Gasteiger partial charge in [-0.2, -0.15) is 5.10 Å². The van der Waals surface area contributed by atoms with Crippen LogP contribution in [0.2, 0.25) is 0 Å². The first-order valence-corrected chi connectivity index (χ1v) is 7.75. The number of carbonyl (C=O) groups excluding carboxylic acids is 1. The average Bonchev–Trinajstić information content (AvgIpc) is 3.02. The maximum Gasteiger partial charge on any atom is 0.252 e. The number of amides is 1. The van der Waals surface area contributed by atoms with Crippen molar-refractivity contribution in [1.29, 1.82) is 0 Å². The van der Waals surface area contributed by atoms with Gasteiger partial charge in [-0.15, -0.1) is 0 Å². The molecule has 1 aromatic heterocycles. The van der Waals surface area contributed by atoms with Crippen molar-refractivity contribution in [3.05, 3.63) is 88.7 Å². The maximum atomic E-state index is 13.5. The summed E-state index contributed by atoms with van der Waals surface area (Å²) in [6.07, 6.45) is 3.40. The highest BCUT2D eigenvalue weighted by atomic mass is 19.1. The fraction of sp³-hybridized carbons (Fsp3) is 0.158. The number of hydrogen-bond donors (Lipinski definition) is 1. The number of nitrogens with zero attached hydrogens (tertiary/aromatic N) is 2. The van der Waals surface area contributed by atoms with Crippen molar-refractivity contribution in [2.45, 2.75) is 13.0 Å². The summed E-state index contributed by atoms with van der Waals surface area (Å²) in [6.45, 7) is 1.74. The van der Waals surface area contributed by atoms with E-state index >= 15 is 0 Å². The van der Waals surface area contributed by atoms with E-state index in [2.05, 4.69) is 10.4 Å². The molecule has 0 spiro atoms. The first kappa shape index (κ1) is 16.8. The minimum atomic E-state index is -0.524. The Labute approximate surface area is 144 Å². The standard InChI is InChI=1S/C19H17F2N3O/c1-12-3-6-16(21)9-17(12)19(25)23-18(14-10-22-24(2)11-14)13-4-7-15(20)8-5-13/h3-11,18H,1-2H3,(H,23,25)/t18-/m1/s1. The normalized spacial score (nSPS) is 12.0. The van der Waals surface area contributed by atoms with Gasteiger partial charge in [-0.1, -0.05) is 18.2 Å². The number of aryl methyl sites for hydroxylation is 2. The number of aromatic nitrogens is 2. The van der Waals surface area contributed by atoms with Crippen LogP contribution < -0.4 is 5.32 Å². The van der Waals surface area contributed by atoms with Crippen LogP contribution in [0, 0.1) is 18.6 Å². The van der Waals surface area contributed by atoms with E-state index in [4.69, 9.17) is 0 Å². The monoisotopic (exact) mass is 341 g/mol. The molecule has 0 radical (unpaired) electrons. The fourth-order valence-electron chi connectivity index (χ4n) is 2.65. The molecule has 1 amide bonds. The molecule has 2 aromatic carbocycles. The van der Waals surface area contributed by atoms with E-state index in [-0.39, 0.29) is 11.4 Å². The van der Waals surface area contributed by atoms with Crippen LogP contribution in [0.15, 0.2) is 54.9 Å². The quantitative estimate of drug-likeness (QED) is 0.789. The summed E-state index contributed by atoms with van der Waals surface area (Å²) in [4.78, 5) is 12.7. The SMILES string of the molecule is Cc1ccc(F)cc1C(=O)N[C@H](c1ccc(F)cc1)c1cnn(C)c1. The summed E-state index contributed by atoms with van der Waals surface area (Å²) < 4.78 is 28.4. The van der Waals surface area contributed by atoms with Crippen molar-refractivity contribution in [2.24, 2.45) is 7.05 Å². The third-order valence-corrected chi connectivity index (χ3v) is 3.98. The lowest BCUT2D eigenvalue weighted by Gasteiger charge is -2.19. The minimum Gasteiger partial charge on any atom is -0.341 e. The van der Waals surface area contributed by atoms with Gasteiger partial charge in [0.1, 0.15) is 11.6 Å². The molecular formula is C19H17F2N3O. The smallest absolute Gasteiger partial charge is 0.252 e. The van der Waals surface area contributed by atoms with E-state index in [0.717, 1.165) is 5.56 Å². The number of nitrogens with one attached hydrogen (secondary N) is 1. The number of rotatable bonds is 4. The fourth-order valence-corrected chi connectivity index (χ4v) is 2.65. The first-order valence-electron chi connectivity index (χ1n) is 7.75. The molecule has 6 heteroatoms. The molecule has 0 aliphatic heterocycles. The van der Waals surface area contributed by atoms with Crippen LogP contribution in [-0.4, -0.2) is 15.7 Å². The zero-order valence-corrected chi connectivity index (χ0v) is 13.8. The molecule has 1 N–H and O–H groups in total. The predicted molar refractivity (Wildman–Crippen MR) is 90.1 cm³/mol. The average molecular weight is 341 g/mol. The Morgan fingerprint density at radius 2 is 1.76 bits per heavy atom. The largest absolute Gasteiger partial charge is 0.341 e. The molecule has 4 nitrogen and oxygen atoms in total. The Bertz CT molecular complexity index is 903. The second-order valence-electron chi connectivity index (χ2n) is 5.86. The minimum absolute atomic E-state index is 0.260. The van der Waals surface area contributed by atoms with E-state index in [1.54, 1.807) is 49.2 Å². The molecule has 0 saturated heterocycles. The van der Waals surface area contributed by atoms with E-state index in [1.807, 2.05) is 0 Å². The lowest BCUT2D eigenvalue weighted by molar-refractivity contribution is 0.0942. The van der Waals surface area contributed by atoms with Crippen molar-refractivity contribution in [2.75, 3.05) is 0 Å². The summed E-state index contributed by atoms with van der Waals surface area (Å²) >= 11 is 0. The zero-order chi connectivity index (χ0) is 18.0. The van der Waals surface area contributed by atoms with Crippen molar-refractivity contribution >= 4 is 5.91 Å². The predicted octanol–water partition coefficient (Wildman–Crippen LogP) is 3.53. The van der Waals surface area contributed by atoms with Crippen LogP contribution in [0.1, 0.15) is 33.1 Å². The van der Waals surface area contributed by atoms with Crippen LogP contribution in [0.25, 0.3) is 0 Å². The Kier molecular flexibility index (Phi) is 4.61. The molecular weight excluding hydrogens is 324 g/mol. The molecule has 3 rings (SSSR count). The lowest BCUT2D eigenvalue weighted by Crippen LogP contribution is -2.29. The maximum absolute atomic E-state index is 13.5. The van der Waals surface area contributed by atoms with Gasteiger partial charge < -0.3 is 5.32 Å². The van der Waals surface area contributed by atoms with E-state index in [0.29, 0.717) is 11.1 Å². The zero-order valence-electron chi connectivity index (χ0n) is 13.8. The summed E-state index contributed by atoms with van der Waals surface area (Å²) in [7, 11) is 1.77. The van der Waals surface area contributed by atoms with Crippen molar-refractivity contribution in [3.63, 3.8) is 0 Å². The molecule has 0 bridgehead atoms. The van der Waals surface area contributed by atoms with E-state index < -0.39 is 17.8 Å². The summed E-state index contributed by atoms with van der Waals surface area (Å²) in [5, 5.41) is 7.01. The Hall–Kier alpha value is -3.02. The van der Waals surface area contributed by atoms with Crippen LogP contribution >= 0.6 is 0 Å². The summed E-state index contributed by atoms with van der Waals surface area (Å²) in [6, 6.07) is 9.42. The molecule has 1 heterocycles. The van der Waals surface area contributed by atoms with Crippen molar-refractivity contribution < 1.29 is 13.6 Å². The van der Waals surface area contributed by atoms with Crippen molar-refractivity contribution in [1.82, 2.24) is 15.1 Å². The van der Waals surface area contributed by atoms with Crippen LogP contribution in [0.4, 0.5) is 8.78 Å². The number of carbonyl (C=O) groups is 1. The Morgan fingerprint density at radius 3 is 2.40 bits per heavy atom. The topological polar surface area (TPSA) is 46.9 Å². The molecule has 0 fully saturated rings. The van der Waals surface area contributed by atoms with Crippen molar-refractivity contribution in [3.8, 4) is 0 Å². The lowest BCUT2D eigenvalue weighted by atomic mass is 10.00. The summed E-state index contributed by atoms with van der Waals surface area (Å²) in [5.74, 6) is -1.24. The highest BCUT2D eigenvalue weighted by molar-refractivity contribution is 5.96. The van der Waals surface area contributed by atoms with Gasteiger partial charge in [-0.3, -0.25) is 9.48 Å². The number of hydrogen-bond acceptors (Lipinski definition) is 2. The van der Waals surface area contributed by atoms with Gasteiger partial charge >= 0.3 is 0 Å². The van der Waals surface area contributed by atoms with Gasteiger partial charge in [0.15, 0.2) is 0 Å². The second kappa shape index (κ2) is 6.84. The third kappa shape index (κ3) is 3.74. The first-order chi connectivity index (χ1) is 11.9. The van der Waals surface area contributed by atoms with Gasteiger partial charge in [-0.05, 0) is 42.3 Å². The van der Waals surface area contributed by atoms with Gasteiger partial charge in [-0.25, -0.2) is 8.78 Å². The molecule has 0 saturated carbocycles. The highest BCUT2D eigenvalue weighted by Gasteiger charge is 2.20. The number of halogens is 2. The molecule has 0 aliphatic carbocycles. The van der Waals surface area contributed by atoms with E-state index in [9.17, 15) is 13.6 Å². The van der Waals surface area contributed by atoms with Gasteiger partial charge in [0.25, 0.3) is 5.91 Å². The van der Waals surface area contributed by atoms with Crippen LogP contribution in [0.5, 0.6) is 0 Å². The van der Waals surface area contributed by atoms with Gasteiger partial charge in [0.05, 0.1) is 12.2 Å². The molecule has 128 valence electrons. The van der Waals surface area contributed by atoms with Gasteiger partial charge in [0, 0.05) is 24.4 Å². The van der Waals surface area contributed by atoms with Crippen LogP contribution in [-0.2, 0) is 7.05 Å². The Morgan fingerprint density at radius 1 is 1.08 bits per heavy atom. The number of benzene rings is 2. The highest BCUT2D eigenvalue weighted by Crippen LogP contribution is 2.23. The molecule has 3 aromatic rings. The molecule has 1 atom stereocenters. The molecule has 25 heavy (non-hydrogen) atoms. The van der Waals surface area contributed by atoms with Crippen LogP contribution in [0.3, 0.4) is 0 Å². The van der Waals surface area contributed by atoms with Gasteiger partial charge in [0.2, 0.25) is 0 Å². The Balaban J connectivity index is 1.96. The summed E-state index contributed by atoms with van der Waals surface area (Å²) in [5.41, 5.74) is 2.38. The molecule has 0 aliphatic rings. The molecule has 0 unspecified atom stereocenters.